The molecule has 1 aliphatic heterocycles. The number of benzene rings is 1. The number of nitrogens with one attached hydrogen (secondary N) is 2. The molecule has 1 unspecified atom stereocenters. The van der Waals surface area contributed by atoms with Gasteiger partial charge in [-0.25, -0.2) is 0 Å². The van der Waals surface area contributed by atoms with Crippen LogP contribution in [0.2, 0.25) is 0 Å². The molecule has 4 nitrogen and oxygen atoms in total. The van der Waals surface area contributed by atoms with Gasteiger partial charge in [-0.2, -0.15) is 0 Å². The average Bonchev–Trinajstić information content (AvgIpc) is 2.42. The van der Waals surface area contributed by atoms with E-state index >= 15 is 0 Å². The second-order valence-electron chi connectivity index (χ2n) is 5.12. The number of rotatable bonds is 5. The number of fused-ring (bicyclic) bond motifs is 1. The maximum absolute atomic E-state index is 12.0. The van der Waals surface area contributed by atoms with Crippen molar-refractivity contribution in [2.75, 3.05) is 13.2 Å². The van der Waals surface area contributed by atoms with E-state index in [1.165, 1.54) is 11.1 Å². The monoisotopic (exact) mass is 298 g/mol. The molecule has 5 heteroatoms. The fourth-order valence-electron chi connectivity index (χ4n) is 2.23. The van der Waals surface area contributed by atoms with E-state index in [-0.39, 0.29) is 30.5 Å². The summed E-state index contributed by atoms with van der Waals surface area (Å²) in [5.41, 5.74) is 2.55. The third-order valence-corrected chi connectivity index (χ3v) is 3.25. The Labute approximate surface area is 126 Å². The van der Waals surface area contributed by atoms with Gasteiger partial charge in [0, 0.05) is 13.1 Å². The summed E-state index contributed by atoms with van der Waals surface area (Å²) in [7, 11) is 0. The molecule has 0 fully saturated rings. The Morgan fingerprint density at radius 2 is 2.10 bits per heavy atom. The van der Waals surface area contributed by atoms with Crippen molar-refractivity contribution in [1.82, 2.24) is 10.6 Å². The molecule has 1 heterocycles. The molecule has 0 radical (unpaired) electrons. The van der Waals surface area contributed by atoms with Gasteiger partial charge in [-0.1, -0.05) is 24.3 Å². The van der Waals surface area contributed by atoms with E-state index in [1.54, 1.807) is 0 Å². The largest absolute Gasteiger partial charge is 0.377 e. The topological polar surface area (TPSA) is 50.4 Å². The summed E-state index contributed by atoms with van der Waals surface area (Å²) in [6.07, 6.45) is 0.962. The van der Waals surface area contributed by atoms with Crippen molar-refractivity contribution in [3.63, 3.8) is 0 Å². The molecule has 2 rings (SSSR count). The fourth-order valence-corrected chi connectivity index (χ4v) is 2.23. The number of carbonyl (C=O) groups excluding carboxylic acids is 1. The van der Waals surface area contributed by atoms with Crippen LogP contribution < -0.4 is 10.6 Å². The van der Waals surface area contributed by atoms with Gasteiger partial charge in [-0.15, -0.1) is 12.4 Å². The van der Waals surface area contributed by atoms with Crippen LogP contribution in [0.25, 0.3) is 0 Å². The lowest BCUT2D eigenvalue weighted by atomic mass is 9.95. The van der Waals surface area contributed by atoms with Crippen molar-refractivity contribution >= 4 is 18.3 Å². The lowest BCUT2D eigenvalue weighted by Crippen LogP contribution is -2.48. The number of ether oxygens (including phenoxy) is 1. The molecule has 0 aromatic heterocycles. The molecular formula is C15H23ClN2O2. The third kappa shape index (κ3) is 4.78. The predicted molar refractivity (Wildman–Crippen MR) is 82.1 cm³/mol. The van der Waals surface area contributed by atoms with E-state index in [9.17, 15) is 4.79 Å². The Morgan fingerprint density at radius 1 is 1.40 bits per heavy atom. The molecule has 1 aliphatic rings. The van der Waals surface area contributed by atoms with Crippen molar-refractivity contribution in [2.45, 2.75) is 39.0 Å². The Morgan fingerprint density at radius 3 is 2.80 bits per heavy atom. The van der Waals surface area contributed by atoms with Crippen molar-refractivity contribution in [3.8, 4) is 0 Å². The maximum atomic E-state index is 12.0. The summed E-state index contributed by atoms with van der Waals surface area (Å²) in [5.74, 6) is 0.0573. The van der Waals surface area contributed by atoms with Gasteiger partial charge >= 0.3 is 0 Å². The molecule has 0 aliphatic carbocycles. The van der Waals surface area contributed by atoms with E-state index < -0.39 is 0 Å². The van der Waals surface area contributed by atoms with E-state index in [0.29, 0.717) is 13.2 Å². The highest BCUT2D eigenvalue weighted by molar-refractivity contribution is 5.85. The quantitative estimate of drug-likeness (QED) is 0.813. The minimum atomic E-state index is -0.131. The average molecular weight is 299 g/mol. The Balaban J connectivity index is 0.00000200. The van der Waals surface area contributed by atoms with Crippen LogP contribution >= 0.6 is 12.4 Å². The molecule has 1 amide bonds. The van der Waals surface area contributed by atoms with Gasteiger partial charge in [-0.05, 0) is 31.4 Å². The molecule has 20 heavy (non-hydrogen) atoms. The van der Waals surface area contributed by atoms with Gasteiger partial charge in [0.1, 0.15) is 0 Å². The van der Waals surface area contributed by atoms with Gasteiger partial charge in [-0.3, -0.25) is 4.79 Å². The maximum Gasteiger partial charge on any atom is 0.237 e. The fraction of sp³-hybridized carbons (Fsp3) is 0.533. The van der Waals surface area contributed by atoms with Crippen LogP contribution in [0.5, 0.6) is 0 Å². The van der Waals surface area contributed by atoms with Crippen LogP contribution in [0.15, 0.2) is 24.3 Å². The lowest BCUT2D eigenvalue weighted by Gasteiger charge is -2.25. The molecule has 1 aromatic carbocycles. The van der Waals surface area contributed by atoms with Crippen LogP contribution in [0.4, 0.5) is 0 Å². The second-order valence-corrected chi connectivity index (χ2v) is 5.12. The van der Waals surface area contributed by atoms with E-state index in [0.717, 1.165) is 13.0 Å². The Kier molecular flexibility index (Phi) is 6.99. The molecular weight excluding hydrogens is 276 g/mol. The minimum Gasteiger partial charge on any atom is -0.377 e. The predicted octanol–water partition coefficient (Wildman–Crippen LogP) is 1.66. The highest BCUT2D eigenvalue weighted by Gasteiger charge is 2.23. The smallest absolute Gasteiger partial charge is 0.237 e. The standard InChI is InChI=1S/C15H22N2O2.ClH/c1-11(2)19-8-7-16-15(18)14-9-12-5-3-4-6-13(12)10-17-14;/h3-6,11,14,17H,7-10H2,1-2H3,(H,16,18);1H. The first-order valence-electron chi connectivity index (χ1n) is 6.86. The highest BCUT2D eigenvalue weighted by Crippen LogP contribution is 2.16. The molecule has 0 bridgehead atoms. The summed E-state index contributed by atoms with van der Waals surface area (Å²) < 4.78 is 5.40. The number of carbonyl (C=O) groups is 1. The number of amides is 1. The number of halogens is 1. The van der Waals surface area contributed by atoms with Crippen LogP contribution in [0.1, 0.15) is 25.0 Å². The molecule has 2 N–H and O–H groups in total. The highest BCUT2D eigenvalue weighted by atomic mass is 35.5. The first-order chi connectivity index (χ1) is 9.16. The van der Waals surface area contributed by atoms with Gasteiger partial charge in [0.05, 0.1) is 18.8 Å². The van der Waals surface area contributed by atoms with Crippen LogP contribution in [0.3, 0.4) is 0 Å². The van der Waals surface area contributed by atoms with Crippen molar-refractivity contribution in [1.29, 1.82) is 0 Å². The van der Waals surface area contributed by atoms with Crippen molar-refractivity contribution in [2.24, 2.45) is 0 Å². The minimum absolute atomic E-state index is 0. The van der Waals surface area contributed by atoms with Crippen LogP contribution in [-0.2, 0) is 22.5 Å². The second kappa shape index (κ2) is 8.25. The third-order valence-electron chi connectivity index (χ3n) is 3.25. The van der Waals surface area contributed by atoms with Gasteiger partial charge in [0.25, 0.3) is 0 Å². The zero-order chi connectivity index (χ0) is 13.7. The van der Waals surface area contributed by atoms with Gasteiger partial charge < -0.3 is 15.4 Å². The van der Waals surface area contributed by atoms with Gasteiger partial charge in [0.15, 0.2) is 0 Å². The molecule has 0 saturated carbocycles. The summed E-state index contributed by atoms with van der Waals surface area (Å²) in [6.45, 7) is 5.86. The SMILES string of the molecule is CC(C)OCCNC(=O)C1Cc2ccccc2CN1.Cl. The normalized spacial score (nSPS) is 17.2. The molecule has 0 saturated heterocycles. The molecule has 0 spiro atoms. The van der Waals surface area contributed by atoms with Crippen molar-refractivity contribution in [3.05, 3.63) is 35.4 Å². The van der Waals surface area contributed by atoms with Crippen LogP contribution in [0, 0.1) is 0 Å². The zero-order valence-corrected chi connectivity index (χ0v) is 12.8. The summed E-state index contributed by atoms with van der Waals surface area (Å²) in [6, 6.07) is 8.12. The summed E-state index contributed by atoms with van der Waals surface area (Å²) >= 11 is 0. The summed E-state index contributed by atoms with van der Waals surface area (Å²) in [5, 5.41) is 6.18. The Hall–Kier alpha value is -1.10. The summed E-state index contributed by atoms with van der Waals surface area (Å²) in [4.78, 5) is 12.0. The first kappa shape index (κ1) is 17.0. The van der Waals surface area contributed by atoms with E-state index in [1.807, 2.05) is 26.0 Å². The lowest BCUT2D eigenvalue weighted by molar-refractivity contribution is -0.123. The van der Waals surface area contributed by atoms with Crippen molar-refractivity contribution < 1.29 is 9.53 Å². The molecule has 112 valence electrons. The van der Waals surface area contributed by atoms with Gasteiger partial charge in [0.2, 0.25) is 5.91 Å². The van der Waals surface area contributed by atoms with Crippen LogP contribution in [-0.4, -0.2) is 31.2 Å². The Bertz CT molecular complexity index is 438. The van der Waals surface area contributed by atoms with E-state index in [2.05, 4.69) is 22.8 Å². The van der Waals surface area contributed by atoms with E-state index in [4.69, 9.17) is 4.74 Å². The first-order valence-corrected chi connectivity index (χ1v) is 6.86. The zero-order valence-electron chi connectivity index (χ0n) is 12.0. The number of hydrogen-bond donors (Lipinski definition) is 2. The number of hydrogen-bond acceptors (Lipinski definition) is 3. The molecule has 1 atom stereocenters. The molecule has 1 aromatic rings.